The van der Waals surface area contributed by atoms with Gasteiger partial charge in [0.15, 0.2) is 6.10 Å². The van der Waals surface area contributed by atoms with E-state index in [1.54, 1.807) is 0 Å². The number of amides is 1. The van der Waals surface area contributed by atoms with Crippen molar-refractivity contribution in [2.45, 2.75) is 31.6 Å². The maximum absolute atomic E-state index is 11.6. The van der Waals surface area contributed by atoms with E-state index >= 15 is 0 Å². The molecular formula is C10H15NO5. The van der Waals surface area contributed by atoms with Gasteiger partial charge in [-0.15, -0.1) is 0 Å². The molecule has 0 aliphatic carbocycles. The number of nitrogens with zero attached hydrogens (tertiary/aromatic N) is 1. The molecule has 0 radical (unpaired) electrons. The Bertz CT molecular complexity index is 287. The number of morpholine rings is 1. The molecule has 16 heavy (non-hydrogen) atoms. The van der Waals surface area contributed by atoms with Crippen molar-refractivity contribution in [1.82, 2.24) is 4.90 Å². The van der Waals surface area contributed by atoms with Gasteiger partial charge in [-0.25, -0.2) is 4.79 Å². The van der Waals surface area contributed by atoms with Crippen LogP contribution < -0.4 is 0 Å². The Hall–Kier alpha value is -1.14. The zero-order valence-electron chi connectivity index (χ0n) is 8.92. The Morgan fingerprint density at radius 2 is 2.19 bits per heavy atom. The van der Waals surface area contributed by atoms with Crippen molar-refractivity contribution in [1.29, 1.82) is 0 Å². The van der Waals surface area contributed by atoms with Crippen LogP contribution in [0.2, 0.25) is 0 Å². The molecular weight excluding hydrogens is 214 g/mol. The number of carbonyl (C=O) groups excluding carboxylic acids is 1. The van der Waals surface area contributed by atoms with Crippen LogP contribution in [0.3, 0.4) is 0 Å². The number of carbonyl (C=O) groups is 2. The van der Waals surface area contributed by atoms with Crippen LogP contribution in [-0.2, 0) is 19.1 Å². The minimum Gasteiger partial charge on any atom is -0.479 e. The molecule has 0 saturated carbocycles. The monoisotopic (exact) mass is 229 g/mol. The van der Waals surface area contributed by atoms with Crippen molar-refractivity contribution in [3.8, 4) is 0 Å². The lowest BCUT2D eigenvalue weighted by atomic mass is 10.1. The molecule has 6 heteroatoms. The summed E-state index contributed by atoms with van der Waals surface area (Å²) in [5, 5.41) is 8.84. The molecule has 90 valence electrons. The number of ether oxygens (including phenoxy) is 2. The molecule has 2 atom stereocenters. The Morgan fingerprint density at radius 3 is 2.81 bits per heavy atom. The van der Waals surface area contributed by atoms with Gasteiger partial charge in [0.2, 0.25) is 0 Å². The van der Waals surface area contributed by atoms with E-state index < -0.39 is 12.1 Å². The molecule has 2 rings (SSSR count). The Labute approximate surface area is 93.1 Å². The summed E-state index contributed by atoms with van der Waals surface area (Å²) in [5.41, 5.74) is 0. The highest BCUT2D eigenvalue weighted by Gasteiger charge is 2.35. The van der Waals surface area contributed by atoms with Gasteiger partial charge in [-0.2, -0.15) is 0 Å². The third-order valence-corrected chi connectivity index (χ3v) is 2.87. The van der Waals surface area contributed by atoms with Crippen molar-refractivity contribution >= 4 is 11.9 Å². The normalized spacial score (nSPS) is 31.5. The summed E-state index contributed by atoms with van der Waals surface area (Å²) in [6.07, 6.45) is 1.58. The average Bonchev–Trinajstić information content (AvgIpc) is 2.30. The number of rotatable bonds is 2. The fraction of sp³-hybridized carbons (Fsp3) is 0.800. The predicted molar refractivity (Wildman–Crippen MR) is 52.7 cm³/mol. The molecule has 0 aromatic carbocycles. The Morgan fingerprint density at radius 1 is 1.38 bits per heavy atom. The van der Waals surface area contributed by atoms with Gasteiger partial charge in [0.1, 0.15) is 12.8 Å². The van der Waals surface area contributed by atoms with E-state index in [1.165, 1.54) is 4.90 Å². The topological polar surface area (TPSA) is 76.1 Å². The molecule has 0 bridgehead atoms. The van der Waals surface area contributed by atoms with Gasteiger partial charge in [0.05, 0.1) is 6.54 Å². The lowest BCUT2D eigenvalue weighted by molar-refractivity contribution is -0.181. The second-order valence-electron chi connectivity index (χ2n) is 4.01. The first-order chi connectivity index (χ1) is 7.68. The lowest BCUT2D eigenvalue weighted by Crippen LogP contribution is -2.54. The quantitative estimate of drug-likeness (QED) is 0.711. The van der Waals surface area contributed by atoms with Crippen molar-refractivity contribution in [3.63, 3.8) is 0 Å². The third-order valence-electron chi connectivity index (χ3n) is 2.87. The van der Waals surface area contributed by atoms with Gasteiger partial charge >= 0.3 is 5.97 Å². The van der Waals surface area contributed by atoms with Crippen LogP contribution in [0.1, 0.15) is 19.3 Å². The molecule has 2 unspecified atom stereocenters. The number of aliphatic carboxylic acids is 1. The molecule has 1 amide bonds. The summed E-state index contributed by atoms with van der Waals surface area (Å²) in [7, 11) is 0. The molecule has 2 saturated heterocycles. The van der Waals surface area contributed by atoms with Crippen LogP contribution >= 0.6 is 0 Å². The standard InChI is InChI=1S/C10H15NO5/c12-8-6-16-7(10(13)14)5-11(8)9-3-1-2-4-15-9/h7,9H,1-6H2,(H,13,14). The highest BCUT2D eigenvalue weighted by molar-refractivity contribution is 5.81. The van der Waals surface area contributed by atoms with Crippen molar-refractivity contribution in [3.05, 3.63) is 0 Å². The summed E-state index contributed by atoms with van der Waals surface area (Å²) in [5.74, 6) is -1.22. The maximum Gasteiger partial charge on any atom is 0.334 e. The molecule has 2 aliphatic rings. The zero-order chi connectivity index (χ0) is 11.5. The Balaban J connectivity index is 1.99. The second kappa shape index (κ2) is 4.80. The smallest absolute Gasteiger partial charge is 0.334 e. The lowest BCUT2D eigenvalue weighted by Gasteiger charge is -2.38. The minimum atomic E-state index is -1.03. The van der Waals surface area contributed by atoms with Gasteiger partial charge in [-0.1, -0.05) is 0 Å². The fourth-order valence-electron chi connectivity index (χ4n) is 1.99. The minimum absolute atomic E-state index is 0.0822. The second-order valence-corrected chi connectivity index (χ2v) is 4.01. The number of hydrogen-bond donors (Lipinski definition) is 1. The molecule has 2 heterocycles. The summed E-state index contributed by atoms with van der Waals surface area (Å²) in [6, 6.07) is 0. The first-order valence-electron chi connectivity index (χ1n) is 5.44. The van der Waals surface area contributed by atoms with E-state index in [0.717, 1.165) is 19.3 Å². The van der Waals surface area contributed by atoms with E-state index in [4.69, 9.17) is 14.6 Å². The van der Waals surface area contributed by atoms with Crippen LogP contribution in [0.5, 0.6) is 0 Å². The van der Waals surface area contributed by atoms with Crippen LogP contribution in [0.15, 0.2) is 0 Å². The molecule has 0 spiro atoms. The van der Waals surface area contributed by atoms with Crippen LogP contribution in [0.25, 0.3) is 0 Å². The van der Waals surface area contributed by atoms with E-state index in [1.807, 2.05) is 0 Å². The zero-order valence-corrected chi connectivity index (χ0v) is 8.92. The maximum atomic E-state index is 11.6. The van der Waals surface area contributed by atoms with Gasteiger partial charge < -0.3 is 19.5 Å². The highest BCUT2D eigenvalue weighted by Crippen LogP contribution is 2.20. The van der Waals surface area contributed by atoms with Gasteiger partial charge in [-0.3, -0.25) is 4.79 Å². The molecule has 2 fully saturated rings. The predicted octanol–water partition coefficient (Wildman–Crippen LogP) is -0.175. The van der Waals surface area contributed by atoms with Crippen LogP contribution in [0, 0.1) is 0 Å². The summed E-state index contributed by atoms with van der Waals surface area (Å²) in [4.78, 5) is 23.9. The molecule has 0 aromatic heterocycles. The van der Waals surface area contributed by atoms with E-state index in [9.17, 15) is 9.59 Å². The van der Waals surface area contributed by atoms with Gasteiger partial charge in [0.25, 0.3) is 5.91 Å². The van der Waals surface area contributed by atoms with Gasteiger partial charge in [-0.05, 0) is 19.3 Å². The number of hydrogen-bond acceptors (Lipinski definition) is 4. The highest BCUT2D eigenvalue weighted by atomic mass is 16.5. The fourth-order valence-corrected chi connectivity index (χ4v) is 1.99. The number of carboxylic acid groups (broad SMARTS) is 1. The van der Waals surface area contributed by atoms with Gasteiger partial charge in [0, 0.05) is 6.61 Å². The number of carboxylic acids is 1. The summed E-state index contributed by atoms with van der Waals surface area (Å²) in [6.45, 7) is 0.544. The molecule has 6 nitrogen and oxygen atoms in total. The van der Waals surface area contributed by atoms with Crippen molar-refractivity contribution in [2.75, 3.05) is 19.8 Å². The van der Waals surface area contributed by atoms with Crippen LogP contribution in [0.4, 0.5) is 0 Å². The largest absolute Gasteiger partial charge is 0.479 e. The first-order valence-corrected chi connectivity index (χ1v) is 5.44. The van der Waals surface area contributed by atoms with E-state index in [-0.39, 0.29) is 25.3 Å². The average molecular weight is 229 g/mol. The SMILES string of the molecule is O=C(O)C1CN(C2CCCCO2)C(=O)CO1. The first kappa shape index (κ1) is 11.3. The molecule has 1 N–H and O–H groups in total. The van der Waals surface area contributed by atoms with E-state index in [0.29, 0.717) is 6.61 Å². The molecule has 2 aliphatic heterocycles. The van der Waals surface area contributed by atoms with Crippen LogP contribution in [-0.4, -0.2) is 54.0 Å². The third kappa shape index (κ3) is 2.33. The van der Waals surface area contributed by atoms with E-state index in [2.05, 4.69) is 0 Å². The van der Waals surface area contributed by atoms with Crippen molar-refractivity contribution in [2.24, 2.45) is 0 Å². The van der Waals surface area contributed by atoms with Crippen molar-refractivity contribution < 1.29 is 24.2 Å². The summed E-state index contributed by atoms with van der Waals surface area (Å²) < 4.78 is 10.4. The Kier molecular flexibility index (Phi) is 3.40. The molecule has 0 aromatic rings. The summed E-state index contributed by atoms with van der Waals surface area (Å²) >= 11 is 0.